The maximum Gasteiger partial charge on any atom is 0.410 e. The van der Waals surface area contributed by atoms with E-state index in [1.807, 2.05) is 11.0 Å². The van der Waals surface area contributed by atoms with E-state index in [0.29, 0.717) is 24.6 Å². The van der Waals surface area contributed by atoms with Gasteiger partial charge in [0.2, 0.25) is 5.95 Å². The number of amides is 1. The van der Waals surface area contributed by atoms with E-state index in [0.717, 1.165) is 45.3 Å². The van der Waals surface area contributed by atoms with Gasteiger partial charge in [-0.15, -0.1) is 0 Å². The molecular formula is C24H28N6O2. The highest BCUT2D eigenvalue weighted by Gasteiger charge is 2.43. The monoisotopic (exact) mass is 432 g/mol. The van der Waals surface area contributed by atoms with Gasteiger partial charge in [0.05, 0.1) is 24.0 Å². The third kappa shape index (κ3) is 4.39. The molecule has 4 fully saturated rings. The molecule has 8 heteroatoms. The number of likely N-dealkylation sites (tertiary alicyclic amines) is 1. The number of hydrogen-bond acceptors (Lipinski definition) is 7. The molecule has 0 aliphatic carbocycles. The van der Waals surface area contributed by atoms with Gasteiger partial charge < -0.3 is 14.5 Å². The summed E-state index contributed by atoms with van der Waals surface area (Å²) >= 11 is 0. The van der Waals surface area contributed by atoms with Gasteiger partial charge in [0.15, 0.2) is 0 Å². The van der Waals surface area contributed by atoms with Crippen molar-refractivity contribution in [2.24, 2.45) is 0 Å². The number of rotatable bonds is 4. The number of fused-ring (bicyclic) bond motifs is 3. The summed E-state index contributed by atoms with van der Waals surface area (Å²) < 4.78 is 5.93. The zero-order valence-corrected chi connectivity index (χ0v) is 18.1. The van der Waals surface area contributed by atoms with E-state index in [4.69, 9.17) is 10.00 Å². The van der Waals surface area contributed by atoms with Crippen LogP contribution in [-0.4, -0.2) is 70.2 Å². The van der Waals surface area contributed by atoms with Crippen LogP contribution in [0, 0.1) is 11.3 Å². The first-order valence-corrected chi connectivity index (χ1v) is 11.4. The zero-order chi connectivity index (χ0) is 21.9. The largest absolute Gasteiger partial charge is 0.446 e. The molecule has 4 saturated heterocycles. The smallest absolute Gasteiger partial charge is 0.410 e. The summed E-state index contributed by atoms with van der Waals surface area (Å²) in [6, 6.07) is 12.9. The second kappa shape index (κ2) is 9.13. The second-order valence-corrected chi connectivity index (χ2v) is 8.92. The quantitative estimate of drug-likeness (QED) is 0.734. The molecule has 32 heavy (non-hydrogen) atoms. The summed E-state index contributed by atoms with van der Waals surface area (Å²) in [5, 5.41) is 8.95. The molecule has 0 N–H and O–H groups in total. The number of nitriles is 1. The fourth-order valence-corrected chi connectivity index (χ4v) is 5.06. The number of carbonyl (C=O) groups excluding carboxylic acids is 1. The van der Waals surface area contributed by atoms with Crippen molar-refractivity contribution in [2.75, 3.05) is 31.1 Å². The number of piperazine rings is 1. The van der Waals surface area contributed by atoms with Gasteiger partial charge in [0.25, 0.3) is 0 Å². The predicted molar refractivity (Wildman–Crippen MR) is 119 cm³/mol. The molecule has 0 radical (unpaired) electrons. The highest BCUT2D eigenvalue weighted by Crippen LogP contribution is 2.32. The highest BCUT2D eigenvalue weighted by molar-refractivity contribution is 5.69. The Bertz CT molecular complexity index is 968. The lowest BCUT2D eigenvalue weighted by atomic mass is 9.91. The van der Waals surface area contributed by atoms with Crippen LogP contribution in [0.25, 0.3) is 0 Å². The van der Waals surface area contributed by atoms with Gasteiger partial charge >= 0.3 is 6.09 Å². The highest BCUT2D eigenvalue weighted by atomic mass is 16.6. The first-order valence-electron chi connectivity index (χ1n) is 11.4. The number of piperidine rings is 3. The first kappa shape index (κ1) is 20.7. The maximum absolute atomic E-state index is 13.0. The van der Waals surface area contributed by atoms with Gasteiger partial charge in [-0.1, -0.05) is 30.3 Å². The van der Waals surface area contributed by atoms with E-state index in [-0.39, 0.29) is 24.3 Å². The molecule has 6 rings (SSSR count). The Balaban J connectivity index is 1.12. The van der Waals surface area contributed by atoms with E-state index in [1.165, 1.54) is 5.56 Å². The van der Waals surface area contributed by atoms with Crippen LogP contribution in [0.3, 0.4) is 0 Å². The Labute approximate surface area is 188 Å². The SMILES string of the molecule is N#Cc1cnc(N2CC3CCC2CN3C(=O)OC2CCN(Cc3ccccc3)CC2)nc1. The van der Waals surface area contributed by atoms with Gasteiger partial charge in [0.1, 0.15) is 12.2 Å². The van der Waals surface area contributed by atoms with Crippen molar-refractivity contribution < 1.29 is 9.53 Å². The van der Waals surface area contributed by atoms with Crippen LogP contribution < -0.4 is 4.90 Å². The third-order valence-electron chi connectivity index (χ3n) is 6.84. The van der Waals surface area contributed by atoms with E-state index in [2.05, 4.69) is 50.1 Å². The molecule has 0 saturated carbocycles. The Morgan fingerprint density at radius 2 is 1.75 bits per heavy atom. The summed E-state index contributed by atoms with van der Waals surface area (Å²) in [6.45, 7) is 4.19. The van der Waals surface area contributed by atoms with Gasteiger partial charge in [-0.25, -0.2) is 14.8 Å². The standard InChI is InChI=1S/C24H28N6O2/c25-12-19-13-26-23(27-14-19)29-16-21-7-6-20(29)17-30(21)24(31)32-22-8-10-28(11-9-22)15-18-4-2-1-3-5-18/h1-5,13-14,20-22H,6-11,15-17H2. The van der Waals surface area contributed by atoms with Crippen LogP contribution >= 0.6 is 0 Å². The topological polar surface area (TPSA) is 85.6 Å². The first-order chi connectivity index (χ1) is 15.7. The molecule has 5 heterocycles. The lowest BCUT2D eigenvalue weighted by Gasteiger charge is -2.51. The van der Waals surface area contributed by atoms with Crippen LogP contribution in [0.2, 0.25) is 0 Å². The van der Waals surface area contributed by atoms with E-state index >= 15 is 0 Å². The number of ether oxygens (including phenoxy) is 1. The van der Waals surface area contributed by atoms with Crippen molar-refractivity contribution in [1.82, 2.24) is 19.8 Å². The van der Waals surface area contributed by atoms with Crippen molar-refractivity contribution in [2.45, 2.75) is 50.4 Å². The molecule has 2 unspecified atom stereocenters. The number of anilines is 1. The van der Waals surface area contributed by atoms with Crippen molar-refractivity contribution in [3.05, 3.63) is 53.9 Å². The lowest BCUT2D eigenvalue weighted by molar-refractivity contribution is 0.00540. The fraction of sp³-hybridized carbons (Fsp3) is 0.500. The van der Waals surface area contributed by atoms with Gasteiger partial charge in [-0.05, 0) is 31.2 Å². The van der Waals surface area contributed by atoms with Crippen LogP contribution in [0.15, 0.2) is 42.7 Å². The van der Waals surface area contributed by atoms with Crippen LogP contribution in [0.4, 0.5) is 10.7 Å². The molecule has 8 nitrogen and oxygen atoms in total. The Hall–Kier alpha value is -3.18. The molecule has 1 aromatic carbocycles. The van der Waals surface area contributed by atoms with Gasteiger partial charge in [0, 0.05) is 38.8 Å². The summed E-state index contributed by atoms with van der Waals surface area (Å²) in [6.07, 6.45) is 6.67. The molecule has 4 aliphatic heterocycles. The Morgan fingerprint density at radius 1 is 1.03 bits per heavy atom. The summed E-state index contributed by atoms with van der Waals surface area (Å²) in [5.41, 5.74) is 1.78. The van der Waals surface area contributed by atoms with E-state index < -0.39 is 0 Å². The summed E-state index contributed by atoms with van der Waals surface area (Å²) in [4.78, 5) is 28.2. The average Bonchev–Trinajstić information content (AvgIpc) is 2.86. The van der Waals surface area contributed by atoms with E-state index in [9.17, 15) is 4.79 Å². The van der Waals surface area contributed by atoms with Crippen molar-refractivity contribution in [1.29, 1.82) is 5.26 Å². The van der Waals surface area contributed by atoms with E-state index in [1.54, 1.807) is 12.4 Å². The molecular weight excluding hydrogens is 404 g/mol. The maximum atomic E-state index is 13.0. The number of aromatic nitrogens is 2. The zero-order valence-electron chi connectivity index (χ0n) is 18.1. The molecule has 4 aliphatic rings. The Kier molecular flexibility index (Phi) is 5.91. The predicted octanol–water partition coefficient (Wildman–Crippen LogP) is 2.80. The van der Waals surface area contributed by atoms with Gasteiger partial charge in [-0.2, -0.15) is 5.26 Å². The normalized spacial score (nSPS) is 23.7. The minimum atomic E-state index is -0.179. The van der Waals surface area contributed by atoms with Crippen LogP contribution in [0.1, 0.15) is 36.8 Å². The molecule has 166 valence electrons. The number of hydrogen-bond donors (Lipinski definition) is 0. The lowest BCUT2D eigenvalue weighted by Crippen LogP contribution is -2.64. The molecule has 2 aromatic rings. The average molecular weight is 433 g/mol. The van der Waals surface area contributed by atoms with Crippen LogP contribution in [0.5, 0.6) is 0 Å². The van der Waals surface area contributed by atoms with Crippen molar-refractivity contribution >= 4 is 12.0 Å². The number of nitrogens with zero attached hydrogens (tertiary/aromatic N) is 6. The molecule has 1 amide bonds. The number of carbonyl (C=O) groups is 1. The fourth-order valence-electron chi connectivity index (χ4n) is 5.06. The second-order valence-electron chi connectivity index (χ2n) is 8.92. The Morgan fingerprint density at radius 3 is 2.41 bits per heavy atom. The van der Waals surface area contributed by atoms with Gasteiger partial charge in [-0.3, -0.25) is 4.90 Å². The van der Waals surface area contributed by atoms with Crippen LogP contribution in [-0.2, 0) is 11.3 Å². The summed E-state index contributed by atoms with van der Waals surface area (Å²) in [5.74, 6) is 0.637. The van der Waals surface area contributed by atoms with Crippen molar-refractivity contribution in [3.8, 4) is 6.07 Å². The molecule has 1 aromatic heterocycles. The minimum absolute atomic E-state index is 0.00654. The van der Waals surface area contributed by atoms with Crippen molar-refractivity contribution in [3.63, 3.8) is 0 Å². The molecule has 2 bridgehead atoms. The summed E-state index contributed by atoms with van der Waals surface area (Å²) in [7, 11) is 0. The minimum Gasteiger partial charge on any atom is -0.446 e. The molecule has 2 atom stereocenters. The third-order valence-corrected chi connectivity index (χ3v) is 6.84. The number of benzene rings is 1. The molecule has 0 spiro atoms.